The van der Waals surface area contributed by atoms with Crippen LogP contribution in [-0.4, -0.2) is 39.7 Å². The van der Waals surface area contributed by atoms with Gasteiger partial charge in [-0.05, 0) is 12.1 Å². The van der Waals surface area contributed by atoms with Crippen LogP contribution in [0.3, 0.4) is 0 Å². The topological polar surface area (TPSA) is 73.0 Å². The summed E-state index contributed by atoms with van der Waals surface area (Å²) in [5.74, 6) is 0.0429. The van der Waals surface area contributed by atoms with Gasteiger partial charge < -0.3 is 0 Å². The first-order chi connectivity index (χ1) is 15.6. The molecule has 2 aromatic heterocycles. The summed E-state index contributed by atoms with van der Waals surface area (Å²) in [7, 11) is 0. The van der Waals surface area contributed by atoms with Gasteiger partial charge in [-0.3, -0.25) is 0 Å². The van der Waals surface area contributed by atoms with E-state index in [9.17, 15) is 9.18 Å². The van der Waals surface area contributed by atoms with Crippen LogP contribution < -0.4 is 5.56 Å². The van der Waals surface area contributed by atoms with Crippen LogP contribution in [-0.2, 0) is 0 Å². The molecule has 0 unspecified atom stereocenters. The van der Waals surface area contributed by atoms with Gasteiger partial charge in [0, 0.05) is 0 Å². The third-order valence-electron chi connectivity index (χ3n) is 4.79. The molecular weight excluding hydrogens is 587 g/mol. The van der Waals surface area contributed by atoms with E-state index in [1.54, 1.807) is 12.1 Å². The fourth-order valence-electron chi connectivity index (χ4n) is 3.24. The zero-order valence-electron chi connectivity index (χ0n) is 16.3. The molecule has 9 heteroatoms. The molecule has 0 radical (unpaired) electrons. The third-order valence-corrected chi connectivity index (χ3v) is 6.52. The van der Waals surface area contributed by atoms with Crippen LogP contribution >= 0.6 is 22.6 Å². The quantitative estimate of drug-likeness (QED) is 0.174. The average molecular weight is 600 g/mol. The molecule has 0 fully saturated rings. The second-order valence-electron chi connectivity index (χ2n) is 6.84. The van der Waals surface area contributed by atoms with Crippen LogP contribution in [0, 0.1) is 9.39 Å². The van der Waals surface area contributed by atoms with Crippen molar-refractivity contribution >= 4 is 60.1 Å². The summed E-state index contributed by atoms with van der Waals surface area (Å²) in [4.78, 5) is 24.6. The van der Waals surface area contributed by atoms with Crippen molar-refractivity contribution < 1.29 is 4.39 Å². The second-order valence-corrected chi connectivity index (χ2v) is 9.37. The molecule has 0 aliphatic carbocycles. The van der Waals surface area contributed by atoms with Crippen molar-refractivity contribution in [1.82, 2.24) is 18.7 Å². The molecule has 0 atom stereocenters. The molecule has 3 aromatic carbocycles. The minimum absolute atomic E-state index is 0.0499. The van der Waals surface area contributed by atoms with Crippen LogP contribution in [0.4, 0.5) is 10.1 Å². The predicted octanol–water partition coefficient (Wildman–Crippen LogP) is 4.39. The second kappa shape index (κ2) is 8.85. The first kappa shape index (κ1) is 20.9. The first-order valence-corrected chi connectivity index (χ1v) is 12.3. The Hall–Kier alpha value is -3.01. The van der Waals surface area contributed by atoms with Crippen LogP contribution in [0.1, 0.15) is 5.82 Å². The molecule has 0 aliphatic heterocycles. The number of aliphatic imine (C=N–C) groups is 1. The van der Waals surface area contributed by atoms with Crippen LogP contribution in [0.5, 0.6) is 0 Å². The zero-order valence-corrected chi connectivity index (χ0v) is 20.2. The Balaban J connectivity index is 1.66. The molecule has 0 bridgehead atoms. The maximum atomic E-state index is 13.5. The van der Waals surface area contributed by atoms with Gasteiger partial charge >= 0.3 is 180 Å². The van der Waals surface area contributed by atoms with Crippen molar-refractivity contribution in [1.29, 1.82) is 0 Å². The van der Waals surface area contributed by atoms with Crippen LogP contribution in [0.15, 0.2) is 81.5 Å². The van der Waals surface area contributed by atoms with Crippen LogP contribution in [0.25, 0.3) is 27.8 Å². The fraction of sp³-hybridized carbons (Fsp3) is 0. The third kappa shape index (κ3) is 4.19. The Bertz CT molecular complexity index is 1500. The summed E-state index contributed by atoms with van der Waals surface area (Å²) in [6.07, 6.45) is 1.52. The Morgan fingerprint density at radius 2 is 1.81 bits per heavy atom. The molecule has 0 saturated carbocycles. The van der Waals surface area contributed by atoms with Crippen molar-refractivity contribution in [2.75, 3.05) is 0 Å². The van der Waals surface area contributed by atoms with Crippen molar-refractivity contribution in [3.05, 3.63) is 97.2 Å². The molecule has 5 rings (SSSR count). The number of hydrogen-bond acceptors (Lipinski definition) is 5. The van der Waals surface area contributed by atoms with E-state index >= 15 is 0 Å². The Labute approximate surface area is 201 Å². The number of halogens is 2. The summed E-state index contributed by atoms with van der Waals surface area (Å²) in [5, 5.41) is 4.67. The standard InChI is InChI=1S/C23H13FIN5OSe/c24-15-3-6-17(7-4-15)26-12-22-27-20-10-5-16(25)11-19(20)23(31)30(22)18-8-1-14(2-9-18)21-13-32-29-28-21/h1-13H. The van der Waals surface area contributed by atoms with E-state index in [1.807, 2.05) is 47.4 Å². The Kier molecular flexibility index (Phi) is 5.77. The fourth-order valence-corrected chi connectivity index (χ4v) is 4.71. The molecule has 156 valence electrons. The molecule has 5 aromatic rings. The monoisotopic (exact) mass is 601 g/mol. The van der Waals surface area contributed by atoms with E-state index in [0.717, 1.165) is 14.8 Å². The molecule has 32 heavy (non-hydrogen) atoms. The van der Waals surface area contributed by atoms with E-state index in [2.05, 4.69) is 41.8 Å². The number of benzene rings is 3. The Morgan fingerprint density at radius 1 is 1.03 bits per heavy atom. The summed E-state index contributed by atoms with van der Waals surface area (Å²) < 4.78 is 19.7. The molecule has 0 saturated heterocycles. The Morgan fingerprint density at radius 3 is 2.53 bits per heavy atom. The van der Waals surface area contributed by atoms with Gasteiger partial charge in [0.25, 0.3) is 0 Å². The van der Waals surface area contributed by atoms with Gasteiger partial charge in [0.2, 0.25) is 0 Å². The molecule has 0 spiro atoms. The van der Waals surface area contributed by atoms with Crippen LogP contribution in [0.2, 0.25) is 0 Å². The predicted molar refractivity (Wildman–Crippen MR) is 132 cm³/mol. The molecule has 6 nitrogen and oxygen atoms in total. The summed E-state index contributed by atoms with van der Waals surface area (Å²) in [6, 6.07) is 18.9. The maximum absolute atomic E-state index is 13.5. The molecular formula is C23H13FIN5OSe. The number of aromatic nitrogens is 4. The minimum atomic E-state index is -0.336. The van der Waals surface area contributed by atoms with E-state index in [4.69, 9.17) is 0 Å². The van der Waals surface area contributed by atoms with Gasteiger partial charge in [-0.25, -0.2) is 4.39 Å². The molecule has 0 N–H and O–H groups in total. The molecule has 0 aliphatic rings. The van der Waals surface area contributed by atoms with E-state index in [1.165, 1.54) is 22.9 Å². The van der Waals surface area contributed by atoms with Gasteiger partial charge in [0.1, 0.15) is 5.82 Å². The summed E-state index contributed by atoms with van der Waals surface area (Å²) >= 11 is 2.23. The van der Waals surface area contributed by atoms with Gasteiger partial charge in [0.05, 0.1) is 0 Å². The number of rotatable bonds is 4. The van der Waals surface area contributed by atoms with Gasteiger partial charge in [-0.15, -0.1) is 0 Å². The molecule has 2 heterocycles. The SMILES string of the molecule is O=c1c2cc(I)ccc2nc(C=Nc2ccc(F)cc2)n1-c1ccc(-c2c[se]nn2)cc1. The van der Waals surface area contributed by atoms with Crippen molar-refractivity contribution in [2.45, 2.75) is 0 Å². The number of nitrogens with zero attached hydrogens (tertiary/aromatic N) is 5. The number of fused-ring (bicyclic) bond motifs is 1. The van der Waals surface area contributed by atoms with Gasteiger partial charge in [-0.2, -0.15) is 0 Å². The van der Waals surface area contributed by atoms with Gasteiger partial charge in [-0.1, -0.05) is 0 Å². The van der Waals surface area contributed by atoms with Gasteiger partial charge in [0.15, 0.2) is 0 Å². The van der Waals surface area contributed by atoms with Crippen molar-refractivity contribution in [3.8, 4) is 16.9 Å². The van der Waals surface area contributed by atoms with E-state index in [-0.39, 0.29) is 26.1 Å². The number of hydrogen-bond donors (Lipinski definition) is 0. The average Bonchev–Trinajstić information content (AvgIpc) is 3.35. The normalized spacial score (nSPS) is 11.4. The van der Waals surface area contributed by atoms with Crippen molar-refractivity contribution in [2.24, 2.45) is 4.99 Å². The zero-order chi connectivity index (χ0) is 22.1. The van der Waals surface area contributed by atoms with Crippen molar-refractivity contribution in [3.63, 3.8) is 0 Å². The van der Waals surface area contributed by atoms with E-state index < -0.39 is 0 Å². The van der Waals surface area contributed by atoms with E-state index in [0.29, 0.717) is 28.1 Å². The molecule has 0 amide bonds. The first-order valence-electron chi connectivity index (χ1n) is 9.48. The summed E-state index contributed by atoms with van der Waals surface area (Å²) in [5.41, 5.74) is 3.40. The summed E-state index contributed by atoms with van der Waals surface area (Å²) in [6.45, 7) is 0.